The van der Waals surface area contributed by atoms with Crippen molar-refractivity contribution in [2.75, 3.05) is 26.8 Å². The third-order valence-corrected chi connectivity index (χ3v) is 2.96. The Hall–Kier alpha value is -0.910. The summed E-state index contributed by atoms with van der Waals surface area (Å²) in [5, 5.41) is 3.92. The van der Waals surface area contributed by atoms with Crippen LogP contribution in [0.5, 0.6) is 0 Å². The summed E-state index contributed by atoms with van der Waals surface area (Å²) in [6.45, 7) is 9.28. The smallest absolute Gasteiger partial charge is 0.150 e. The molecule has 0 aromatic carbocycles. The van der Waals surface area contributed by atoms with E-state index in [4.69, 9.17) is 14.0 Å². The lowest BCUT2D eigenvalue weighted by atomic mass is 10.1. The summed E-state index contributed by atoms with van der Waals surface area (Å²) in [5.74, 6) is 0.904. The maximum absolute atomic E-state index is 5.97. The summed E-state index contributed by atoms with van der Waals surface area (Å²) in [7, 11) is 1.70. The van der Waals surface area contributed by atoms with Gasteiger partial charge >= 0.3 is 0 Å². The van der Waals surface area contributed by atoms with Gasteiger partial charge in [0.1, 0.15) is 0 Å². The van der Waals surface area contributed by atoms with Crippen LogP contribution < -0.4 is 0 Å². The molecule has 0 aliphatic carbocycles. The minimum atomic E-state index is -0.156. The maximum Gasteiger partial charge on any atom is 0.150 e. The van der Waals surface area contributed by atoms with E-state index in [1.54, 1.807) is 7.11 Å². The second-order valence-electron chi connectivity index (χ2n) is 5.56. The van der Waals surface area contributed by atoms with Gasteiger partial charge in [0.15, 0.2) is 5.76 Å². The Kier molecular flexibility index (Phi) is 4.04. The molecule has 5 heteroatoms. The van der Waals surface area contributed by atoms with Gasteiger partial charge in [-0.3, -0.25) is 4.90 Å². The van der Waals surface area contributed by atoms with Crippen molar-refractivity contribution in [2.24, 2.45) is 0 Å². The third kappa shape index (κ3) is 3.54. The number of methoxy groups -OCH3 is 1. The van der Waals surface area contributed by atoms with Gasteiger partial charge in [0.05, 0.1) is 30.6 Å². The van der Waals surface area contributed by atoms with Crippen LogP contribution in [0.1, 0.15) is 25.3 Å². The molecule has 0 radical (unpaired) electrons. The second-order valence-corrected chi connectivity index (χ2v) is 5.56. The molecule has 0 amide bonds. The van der Waals surface area contributed by atoms with Crippen LogP contribution in [0.3, 0.4) is 0 Å². The van der Waals surface area contributed by atoms with Crippen LogP contribution in [0.15, 0.2) is 10.6 Å². The van der Waals surface area contributed by atoms with E-state index in [9.17, 15) is 0 Å². The van der Waals surface area contributed by atoms with E-state index in [0.29, 0.717) is 6.61 Å². The highest BCUT2D eigenvalue weighted by Crippen LogP contribution is 2.22. The molecule has 0 saturated carbocycles. The molecule has 1 atom stereocenters. The quantitative estimate of drug-likeness (QED) is 0.817. The van der Waals surface area contributed by atoms with Crippen LogP contribution in [0, 0.1) is 6.92 Å². The van der Waals surface area contributed by atoms with E-state index in [-0.39, 0.29) is 11.7 Å². The van der Waals surface area contributed by atoms with E-state index in [1.165, 1.54) is 0 Å². The number of nitrogens with zero attached hydrogens (tertiary/aromatic N) is 2. The first-order chi connectivity index (χ1) is 8.48. The third-order valence-electron chi connectivity index (χ3n) is 2.96. The Bertz CT molecular complexity index is 389. The first-order valence-corrected chi connectivity index (χ1v) is 6.30. The molecule has 1 aliphatic rings. The number of rotatable bonds is 4. The van der Waals surface area contributed by atoms with Gasteiger partial charge in [-0.25, -0.2) is 0 Å². The number of ether oxygens (including phenoxy) is 2. The summed E-state index contributed by atoms with van der Waals surface area (Å²) in [6.07, 6.45) is 0.114. The fourth-order valence-electron chi connectivity index (χ4n) is 2.52. The van der Waals surface area contributed by atoms with Gasteiger partial charge in [-0.15, -0.1) is 0 Å². The molecule has 0 N–H and O–H groups in total. The van der Waals surface area contributed by atoms with Crippen molar-refractivity contribution in [1.29, 1.82) is 0 Å². The van der Waals surface area contributed by atoms with Crippen molar-refractivity contribution in [2.45, 2.75) is 39.0 Å². The van der Waals surface area contributed by atoms with Crippen molar-refractivity contribution >= 4 is 0 Å². The van der Waals surface area contributed by atoms with Crippen LogP contribution in [-0.4, -0.2) is 48.6 Å². The van der Waals surface area contributed by atoms with E-state index in [2.05, 4.69) is 23.9 Å². The van der Waals surface area contributed by atoms with Crippen LogP contribution in [0.25, 0.3) is 0 Å². The first-order valence-electron chi connectivity index (χ1n) is 6.30. The standard InChI is InChI=1S/C13H22N2O3/c1-10-5-11(18-14-10)6-15-7-12(8-16-4)17-13(2,3)9-15/h5,12H,6-9H2,1-4H3. The molecule has 1 aromatic rings. The zero-order valence-corrected chi connectivity index (χ0v) is 11.6. The van der Waals surface area contributed by atoms with Crippen molar-refractivity contribution in [3.8, 4) is 0 Å². The molecule has 102 valence electrons. The molecule has 1 aromatic heterocycles. The molecule has 0 spiro atoms. The summed E-state index contributed by atoms with van der Waals surface area (Å²) in [4.78, 5) is 2.33. The molecule has 1 aliphatic heterocycles. The predicted octanol–water partition coefficient (Wildman–Crippen LogP) is 1.61. The molecule has 0 bridgehead atoms. The normalized spacial score (nSPS) is 24.3. The average molecular weight is 254 g/mol. The Morgan fingerprint density at radius 1 is 1.56 bits per heavy atom. The fourth-order valence-corrected chi connectivity index (χ4v) is 2.52. The molecule has 5 nitrogen and oxygen atoms in total. The SMILES string of the molecule is COCC1CN(Cc2cc(C)no2)CC(C)(C)O1. The molecule has 2 heterocycles. The Labute approximate surface area is 108 Å². The highest BCUT2D eigenvalue weighted by Gasteiger charge is 2.33. The molecular formula is C13H22N2O3. The van der Waals surface area contributed by atoms with Gasteiger partial charge in [0, 0.05) is 26.3 Å². The topological polar surface area (TPSA) is 47.7 Å². The minimum Gasteiger partial charge on any atom is -0.382 e. The van der Waals surface area contributed by atoms with Crippen molar-refractivity contribution < 1.29 is 14.0 Å². The lowest BCUT2D eigenvalue weighted by Crippen LogP contribution is -2.53. The highest BCUT2D eigenvalue weighted by molar-refractivity contribution is 5.03. The van der Waals surface area contributed by atoms with E-state index < -0.39 is 0 Å². The molecule has 2 rings (SSSR count). The lowest BCUT2D eigenvalue weighted by Gasteiger charge is -2.42. The van der Waals surface area contributed by atoms with E-state index in [1.807, 2.05) is 13.0 Å². The molecule has 1 saturated heterocycles. The van der Waals surface area contributed by atoms with E-state index >= 15 is 0 Å². The number of morpholine rings is 1. The monoisotopic (exact) mass is 254 g/mol. The molecule has 1 unspecified atom stereocenters. The van der Waals surface area contributed by atoms with Gasteiger partial charge in [0.2, 0.25) is 0 Å². The van der Waals surface area contributed by atoms with Crippen LogP contribution in [0.2, 0.25) is 0 Å². The Morgan fingerprint density at radius 2 is 2.33 bits per heavy atom. The van der Waals surface area contributed by atoms with Gasteiger partial charge in [0.25, 0.3) is 0 Å². The van der Waals surface area contributed by atoms with Crippen LogP contribution in [0.4, 0.5) is 0 Å². The lowest BCUT2D eigenvalue weighted by molar-refractivity contribution is -0.155. The summed E-state index contributed by atoms with van der Waals surface area (Å²) >= 11 is 0. The summed E-state index contributed by atoms with van der Waals surface area (Å²) < 4.78 is 16.4. The van der Waals surface area contributed by atoms with Gasteiger partial charge in [-0.05, 0) is 20.8 Å². The van der Waals surface area contributed by atoms with Gasteiger partial charge < -0.3 is 14.0 Å². The van der Waals surface area contributed by atoms with Gasteiger partial charge in [-0.1, -0.05) is 5.16 Å². The predicted molar refractivity (Wildman–Crippen MR) is 67.3 cm³/mol. The van der Waals surface area contributed by atoms with Crippen molar-refractivity contribution in [1.82, 2.24) is 10.1 Å². The average Bonchev–Trinajstić information content (AvgIpc) is 2.61. The Morgan fingerprint density at radius 3 is 2.94 bits per heavy atom. The maximum atomic E-state index is 5.97. The highest BCUT2D eigenvalue weighted by atomic mass is 16.5. The van der Waals surface area contributed by atoms with Gasteiger partial charge in [-0.2, -0.15) is 0 Å². The molecular weight excluding hydrogens is 232 g/mol. The minimum absolute atomic E-state index is 0.114. The second kappa shape index (κ2) is 5.38. The van der Waals surface area contributed by atoms with Crippen LogP contribution in [-0.2, 0) is 16.0 Å². The van der Waals surface area contributed by atoms with Crippen LogP contribution >= 0.6 is 0 Å². The summed E-state index contributed by atoms with van der Waals surface area (Å²) in [5.41, 5.74) is 0.766. The molecule has 1 fully saturated rings. The summed E-state index contributed by atoms with van der Waals surface area (Å²) in [6, 6.07) is 1.98. The Balaban J connectivity index is 1.98. The zero-order chi connectivity index (χ0) is 13.2. The number of aromatic nitrogens is 1. The van der Waals surface area contributed by atoms with E-state index in [0.717, 1.165) is 31.1 Å². The number of hydrogen-bond donors (Lipinski definition) is 0. The fraction of sp³-hybridized carbons (Fsp3) is 0.769. The van der Waals surface area contributed by atoms with Crippen molar-refractivity contribution in [3.05, 3.63) is 17.5 Å². The number of hydrogen-bond acceptors (Lipinski definition) is 5. The van der Waals surface area contributed by atoms with Crippen molar-refractivity contribution in [3.63, 3.8) is 0 Å². The first kappa shape index (κ1) is 13.5. The number of aryl methyl sites for hydroxylation is 1. The largest absolute Gasteiger partial charge is 0.382 e. The molecule has 18 heavy (non-hydrogen) atoms. The zero-order valence-electron chi connectivity index (χ0n) is 11.6.